The number of hydrogen-bond acceptors (Lipinski definition) is 4. The SMILES string of the molecule is CCOc1ccc(CC(=O)Nc2cnn(CC3CCOCC3)c2)cc1. The molecule has 0 unspecified atom stereocenters. The van der Waals surface area contributed by atoms with Crippen molar-refractivity contribution in [1.82, 2.24) is 9.78 Å². The maximum atomic E-state index is 12.2. The first kappa shape index (κ1) is 17.5. The predicted molar refractivity (Wildman–Crippen MR) is 95.7 cm³/mol. The van der Waals surface area contributed by atoms with Gasteiger partial charge in [0.25, 0.3) is 0 Å². The van der Waals surface area contributed by atoms with Crippen molar-refractivity contribution < 1.29 is 14.3 Å². The molecular weight excluding hydrogens is 318 g/mol. The number of aromatic nitrogens is 2. The van der Waals surface area contributed by atoms with E-state index in [1.807, 2.05) is 42.1 Å². The lowest BCUT2D eigenvalue weighted by atomic mass is 10.0. The third-order valence-electron chi connectivity index (χ3n) is 4.30. The van der Waals surface area contributed by atoms with Crippen LogP contribution in [0, 0.1) is 5.92 Å². The lowest BCUT2D eigenvalue weighted by Gasteiger charge is -2.21. The summed E-state index contributed by atoms with van der Waals surface area (Å²) in [5.41, 5.74) is 1.69. The summed E-state index contributed by atoms with van der Waals surface area (Å²) >= 11 is 0. The number of carbonyl (C=O) groups excluding carboxylic acids is 1. The van der Waals surface area contributed by atoms with Crippen molar-refractivity contribution in [3.8, 4) is 5.75 Å². The quantitative estimate of drug-likeness (QED) is 0.839. The standard InChI is InChI=1S/C19H25N3O3/c1-2-25-18-5-3-15(4-6-18)11-19(23)21-17-12-20-22(14-17)13-16-7-9-24-10-8-16/h3-6,12,14,16H,2,7-11,13H2,1H3,(H,21,23). The molecule has 0 atom stereocenters. The highest BCUT2D eigenvalue weighted by molar-refractivity contribution is 5.91. The molecule has 3 rings (SSSR count). The molecule has 0 radical (unpaired) electrons. The van der Waals surface area contributed by atoms with E-state index in [1.165, 1.54) is 0 Å². The third kappa shape index (κ3) is 5.32. The second-order valence-corrected chi connectivity index (χ2v) is 6.31. The Balaban J connectivity index is 1.49. The van der Waals surface area contributed by atoms with Crippen molar-refractivity contribution in [3.63, 3.8) is 0 Å². The third-order valence-corrected chi connectivity index (χ3v) is 4.30. The molecule has 0 saturated carbocycles. The number of hydrogen-bond donors (Lipinski definition) is 1. The van der Waals surface area contributed by atoms with Gasteiger partial charge in [-0.25, -0.2) is 0 Å². The van der Waals surface area contributed by atoms with E-state index in [-0.39, 0.29) is 5.91 Å². The number of carbonyl (C=O) groups is 1. The average Bonchev–Trinajstić information content (AvgIpc) is 3.04. The van der Waals surface area contributed by atoms with Crippen molar-refractivity contribution in [2.75, 3.05) is 25.1 Å². The lowest BCUT2D eigenvalue weighted by molar-refractivity contribution is -0.115. The summed E-state index contributed by atoms with van der Waals surface area (Å²) in [6.07, 6.45) is 6.07. The molecule has 1 aromatic heterocycles. The Bertz CT molecular complexity index is 675. The van der Waals surface area contributed by atoms with Gasteiger partial charge >= 0.3 is 0 Å². The van der Waals surface area contributed by atoms with Crippen LogP contribution in [0.15, 0.2) is 36.7 Å². The molecule has 1 aromatic carbocycles. The largest absolute Gasteiger partial charge is 0.494 e. The van der Waals surface area contributed by atoms with Crippen LogP contribution in [0.4, 0.5) is 5.69 Å². The maximum absolute atomic E-state index is 12.2. The molecule has 0 aliphatic carbocycles. The minimum atomic E-state index is -0.0465. The topological polar surface area (TPSA) is 65.4 Å². The Labute approximate surface area is 148 Å². The van der Waals surface area contributed by atoms with Crippen molar-refractivity contribution in [3.05, 3.63) is 42.2 Å². The molecule has 134 valence electrons. The molecule has 6 heteroatoms. The molecule has 1 aliphatic rings. The second kappa shape index (κ2) is 8.67. The number of benzene rings is 1. The summed E-state index contributed by atoms with van der Waals surface area (Å²) in [4.78, 5) is 12.2. The smallest absolute Gasteiger partial charge is 0.228 e. The van der Waals surface area contributed by atoms with E-state index in [1.54, 1.807) is 6.20 Å². The number of ether oxygens (including phenoxy) is 2. The molecule has 0 bridgehead atoms. The van der Waals surface area contributed by atoms with Crippen molar-refractivity contribution in [2.45, 2.75) is 32.7 Å². The Morgan fingerprint density at radius 2 is 2.08 bits per heavy atom. The van der Waals surface area contributed by atoms with Crippen molar-refractivity contribution >= 4 is 11.6 Å². The lowest BCUT2D eigenvalue weighted by Crippen LogP contribution is -2.20. The summed E-state index contributed by atoms with van der Waals surface area (Å²) in [6, 6.07) is 7.61. The van der Waals surface area contributed by atoms with Gasteiger partial charge in [0.15, 0.2) is 0 Å². The number of anilines is 1. The van der Waals surface area contributed by atoms with Crippen LogP contribution in [-0.2, 0) is 22.5 Å². The highest BCUT2D eigenvalue weighted by Crippen LogP contribution is 2.18. The van der Waals surface area contributed by atoms with E-state index < -0.39 is 0 Å². The average molecular weight is 343 g/mol. The van der Waals surface area contributed by atoms with Crippen LogP contribution < -0.4 is 10.1 Å². The highest BCUT2D eigenvalue weighted by Gasteiger charge is 2.15. The second-order valence-electron chi connectivity index (χ2n) is 6.31. The summed E-state index contributed by atoms with van der Waals surface area (Å²) in [6.45, 7) is 5.12. The van der Waals surface area contributed by atoms with Gasteiger partial charge in [-0.05, 0) is 43.4 Å². The van der Waals surface area contributed by atoms with Crippen LogP contribution in [0.1, 0.15) is 25.3 Å². The molecule has 6 nitrogen and oxygen atoms in total. The Kier molecular flexibility index (Phi) is 6.06. The predicted octanol–water partition coefficient (Wildman–Crippen LogP) is 2.89. The highest BCUT2D eigenvalue weighted by atomic mass is 16.5. The first-order valence-corrected chi connectivity index (χ1v) is 8.84. The first-order chi connectivity index (χ1) is 12.2. The van der Waals surface area contributed by atoms with E-state index in [0.29, 0.717) is 18.9 Å². The fraction of sp³-hybridized carbons (Fsp3) is 0.474. The number of nitrogens with one attached hydrogen (secondary N) is 1. The van der Waals surface area contributed by atoms with E-state index in [9.17, 15) is 4.79 Å². The van der Waals surface area contributed by atoms with Crippen LogP contribution >= 0.6 is 0 Å². The van der Waals surface area contributed by atoms with Gasteiger partial charge < -0.3 is 14.8 Å². The monoisotopic (exact) mass is 343 g/mol. The fourth-order valence-corrected chi connectivity index (χ4v) is 2.98. The fourth-order valence-electron chi connectivity index (χ4n) is 2.98. The molecule has 1 fully saturated rings. The molecule has 2 heterocycles. The van der Waals surface area contributed by atoms with Crippen molar-refractivity contribution in [1.29, 1.82) is 0 Å². The molecule has 1 amide bonds. The summed E-state index contributed by atoms with van der Waals surface area (Å²) < 4.78 is 12.7. The molecule has 1 aliphatic heterocycles. The van der Waals surface area contributed by atoms with Gasteiger partial charge in [-0.2, -0.15) is 5.10 Å². The van der Waals surface area contributed by atoms with Gasteiger partial charge in [0.2, 0.25) is 5.91 Å². The number of nitrogens with zero attached hydrogens (tertiary/aromatic N) is 2. The summed E-state index contributed by atoms with van der Waals surface area (Å²) in [5.74, 6) is 1.37. The van der Waals surface area contributed by atoms with Gasteiger partial charge in [0, 0.05) is 26.0 Å². The van der Waals surface area contributed by atoms with Crippen LogP contribution in [-0.4, -0.2) is 35.5 Å². The van der Waals surface area contributed by atoms with Gasteiger partial charge in [-0.3, -0.25) is 9.48 Å². The van der Waals surface area contributed by atoms with E-state index in [2.05, 4.69) is 10.4 Å². The molecular formula is C19H25N3O3. The van der Waals surface area contributed by atoms with E-state index >= 15 is 0 Å². The molecule has 1 N–H and O–H groups in total. The zero-order chi connectivity index (χ0) is 17.5. The Hall–Kier alpha value is -2.34. The van der Waals surface area contributed by atoms with Gasteiger partial charge in [-0.1, -0.05) is 12.1 Å². The first-order valence-electron chi connectivity index (χ1n) is 8.84. The van der Waals surface area contributed by atoms with E-state index in [0.717, 1.165) is 49.6 Å². The van der Waals surface area contributed by atoms with Crippen LogP contribution in [0.2, 0.25) is 0 Å². The normalized spacial score (nSPS) is 15.1. The van der Waals surface area contributed by atoms with Crippen molar-refractivity contribution in [2.24, 2.45) is 5.92 Å². The molecule has 1 saturated heterocycles. The van der Waals surface area contributed by atoms with E-state index in [4.69, 9.17) is 9.47 Å². The van der Waals surface area contributed by atoms with Crippen LogP contribution in [0.25, 0.3) is 0 Å². The van der Waals surface area contributed by atoms with Gasteiger partial charge in [0.1, 0.15) is 5.75 Å². The van der Waals surface area contributed by atoms with Gasteiger partial charge in [0.05, 0.1) is 24.9 Å². The zero-order valence-corrected chi connectivity index (χ0v) is 14.6. The van der Waals surface area contributed by atoms with Crippen LogP contribution in [0.5, 0.6) is 5.75 Å². The number of rotatable bonds is 7. The summed E-state index contributed by atoms with van der Waals surface area (Å²) in [5, 5.41) is 7.26. The maximum Gasteiger partial charge on any atom is 0.228 e. The number of amides is 1. The van der Waals surface area contributed by atoms with Crippen LogP contribution in [0.3, 0.4) is 0 Å². The van der Waals surface area contributed by atoms with Gasteiger partial charge in [-0.15, -0.1) is 0 Å². The minimum Gasteiger partial charge on any atom is -0.494 e. The Morgan fingerprint density at radius 1 is 1.32 bits per heavy atom. The molecule has 2 aromatic rings. The zero-order valence-electron chi connectivity index (χ0n) is 14.6. The Morgan fingerprint density at radius 3 is 2.80 bits per heavy atom. The molecule has 0 spiro atoms. The molecule has 25 heavy (non-hydrogen) atoms. The summed E-state index contributed by atoms with van der Waals surface area (Å²) in [7, 11) is 0. The minimum absolute atomic E-state index is 0.0465.